The first kappa shape index (κ1) is 41.1. The Morgan fingerprint density at radius 2 is 1.84 bits per heavy atom. The Morgan fingerprint density at radius 1 is 1.11 bits per heavy atom. The molecule has 310 valence electrons. The van der Waals surface area contributed by atoms with Crippen molar-refractivity contribution in [3.8, 4) is 11.6 Å². The van der Waals surface area contributed by atoms with Crippen LogP contribution in [0.3, 0.4) is 0 Å². The summed E-state index contributed by atoms with van der Waals surface area (Å²) in [5.41, 5.74) is -1.38. The smallest absolute Gasteiger partial charge is 0.307 e. The number of nitrogens with one attached hydrogen (secondary N) is 1. The number of alkyl halides is 1. The number of hydrogen-bond acceptors (Lipinski definition) is 10. The molecule has 14 heteroatoms. The third-order valence-electron chi connectivity index (χ3n) is 12.6. The maximum absolute atomic E-state index is 14.9. The molecule has 2 saturated carbocycles. The van der Waals surface area contributed by atoms with Gasteiger partial charge in [-0.25, -0.2) is 17.8 Å². The SMILES string of the molecule is C[C@H]1CC/C=C\[C@@H]2C[C@@]2(C(=O)NS(=O)(=O)C2(CF)CC2)CC(=O)[C@@H]2C[C@@H](Oc3nc4c(c5ccccc35)OCCC4)CN2C(=O)[C@@H](CC(=O)OC(C)(C)C)[C@H](C)C1. The van der Waals surface area contributed by atoms with Gasteiger partial charge < -0.3 is 19.1 Å². The molecule has 3 fully saturated rings. The van der Waals surface area contributed by atoms with E-state index in [1.165, 1.54) is 4.90 Å². The van der Waals surface area contributed by atoms with Gasteiger partial charge in [-0.3, -0.25) is 23.9 Å². The van der Waals surface area contributed by atoms with E-state index in [0.717, 1.165) is 35.1 Å². The van der Waals surface area contributed by atoms with Gasteiger partial charge in [0.1, 0.15) is 28.9 Å². The van der Waals surface area contributed by atoms with Gasteiger partial charge >= 0.3 is 5.97 Å². The van der Waals surface area contributed by atoms with Crippen LogP contribution in [0.4, 0.5) is 4.39 Å². The van der Waals surface area contributed by atoms with Crippen molar-refractivity contribution in [1.29, 1.82) is 0 Å². The van der Waals surface area contributed by atoms with Gasteiger partial charge in [-0.05, 0) is 96.0 Å². The predicted octanol–water partition coefficient (Wildman–Crippen LogP) is 6.18. The zero-order valence-electron chi connectivity index (χ0n) is 33.7. The molecule has 57 heavy (non-hydrogen) atoms. The number of rotatable bonds is 8. The number of allylic oxidation sites excluding steroid dienone is 2. The molecule has 3 aliphatic heterocycles. The molecule has 1 N–H and O–H groups in total. The number of benzene rings is 1. The van der Waals surface area contributed by atoms with Crippen molar-refractivity contribution in [3.05, 3.63) is 42.1 Å². The fourth-order valence-electron chi connectivity index (χ4n) is 9.05. The predicted molar refractivity (Wildman–Crippen MR) is 211 cm³/mol. The fourth-order valence-corrected chi connectivity index (χ4v) is 10.5. The van der Waals surface area contributed by atoms with Crippen LogP contribution in [0, 0.1) is 29.1 Å². The number of pyridine rings is 1. The topological polar surface area (TPSA) is 158 Å². The van der Waals surface area contributed by atoms with Crippen LogP contribution in [0.5, 0.6) is 11.6 Å². The maximum atomic E-state index is 14.9. The lowest BCUT2D eigenvalue weighted by atomic mass is 9.82. The fraction of sp³-hybridized carbons (Fsp3) is 0.651. The summed E-state index contributed by atoms with van der Waals surface area (Å²) >= 11 is 0. The zero-order chi connectivity index (χ0) is 40.9. The lowest BCUT2D eigenvalue weighted by molar-refractivity contribution is -0.160. The molecule has 7 rings (SSSR count). The summed E-state index contributed by atoms with van der Waals surface area (Å²) in [6.45, 7) is 8.89. The minimum atomic E-state index is -4.34. The van der Waals surface area contributed by atoms with Crippen LogP contribution in [0.15, 0.2) is 36.4 Å². The number of ether oxygens (including phenoxy) is 3. The zero-order valence-corrected chi connectivity index (χ0v) is 34.5. The Labute approximate surface area is 334 Å². The Kier molecular flexibility index (Phi) is 11.2. The van der Waals surface area contributed by atoms with Gasteiger partial charge in [0.15, 0.2) is 5.78 Å². The van der Waals surface area contributed by atoms with E-state index in [1.807, 2.05) is 43.3 Å². The van der Waals surface area contributed by atoms with Crippen molar-refractivity contribution in [2.24, 2.45) is 29.1 Å². The van der Waals surface area contributed by atoms with Crippen LogP contribution in [0.1, 0.15) is 105 Å². The number of ketones is 1. The number of Topliss-reactive ketones (excluding diaryl/α,β-unsaturated/α-hetero) is 1. The first-order valence-electron chi connectivity index (χ1n) is 20.5. The van der Waals surface area contributed by atoms with Crippen LogP contribution in [-0.4, -0.2) is 84.2 Å². The van der Waals surface area contributed by atoms with Crippen molar-refractivity contribution >= 4 is 44.4 Å². The Bertz CT molecular complexity index is 2060. The van der Waals surface area contributed by atoms with E-state index in [4.69, 9.17) is 19.2 Å². The van der Waals surface area contributed by atoms with Crippen LogP contribution in [0.2, 0.25) is 0 Å². The summed E-state index contributed by atoms with van der Waals surface area (Å²) in [6, 6.07) is 6.61. The number of halogens is 1. The molecule has 0 bridgehead atoms. The monoisotopic (exact) mass is 809 g/mol. The Morgan fingerprint density at radius 3 is 2.54 bits per heavy atom. The van der Waals surface area contributed by atoms with Gasteiger partial charge in [0, 0.05) is 23.6 Å². The molecule has 2 aliphatic carbocycles. The number of hydrogen-bond donors (Lipinski definition) is 1. The summed E-state index contributed by atoms with van der Waals surface area (Å²) in [5.74, 6) is -2.31. The van der Waals surface area contributed by atoms with Crippen LogP contribution < -0.4 is 14.2 Å². The summed E-state index contributed by atoms with van der Waals surface area (Å²) in [4.78, 5) is 63.4. The summed E-state index contributed by atoms with van der Waals surface area (Å²) in [6.07, 6.45) is 6.87. The third kappa shape index (κ3) is 8.43. The highest BCUT2D eigenvalue weighted by atomic mass is 32.2. The van der Waals surface area contributed by atoms with Gasteiger partial charge in [0.25, 0.3) is 0 Å². The van der Waals surface area contributed by atoms with E-state index in [1.54, 1.807) is 20.8 Å². The minimum Gasteiger partial charge on any atom is -0.491 e. The normalized spacial score (nSPS) is 30.7. The maximum Gasteiger partial charge on any atom is 0.307 e. The molecule has 0 unspecified atom stereocenters. The number of carbonyl (C=O) groups excluding carboxylic acids is 4. The number of amides is 2. The van der Waals surface area contributed by atoms with E-state index in [-0.39, 0.29) is 62.8 Å². The second kappa shape index (κ2) is 15.6. The largest absolute Gasteiger partial charge is 0.491 e. The van der Waals surface area contributed by atoms with E-state index in [2.05, 4.69) is 11.6 Å². The van der Waals surface area contributed by atoms with Gasteiger partial charge in [0.05, 0.1) is 42.6 Å². The number of sulfonamides is 1. The van der Waals surface area contributed by atoms with Crippen molar-refractivity contribution in [2.45, 2.75) is 128 Å². The second-order valence-corrected chi connectivity index (χ2v) is 20.3. The molecule has 2 amide bonds. The number of esters is 1. The standard InChI is InChI=1S/C43H56FN3O9S/c1-26-11-6-7-12-28-22-43(28,40(51)46-57(52,53)42(25-44)16-17-42)23-35(48)34-20-29(24-47(34)39(50)32(27(2)19-26)21-36(49)56-41(3,4)5)55-38-31-14-9-8-13-30(31)37-33(45-38)15-10-18-54-37/h7-9,12-14,26-29,32,34H,6,10-11,15-25H2,1-5H3,(H,46,51)/b12-7-/t26-,27+,28+,29+,32-,34-,43+/m0/s1. The highest BCUT2D eigenvalue weighted by molar-refractivity contribution is 7.91. The summed E-state index contributed by atoms with van der Waals surface area (Å²) in [7, 11) is -4.34. The van der Waals surface area contributed by atoms with Crippen molar-refractivity contribution in [1.82, 2.24) is 14.6 Å². The summed E-state index contributed by atoms with van der Waals surface area (Å²) < 4.78 is 59.3. The molecule has 2 aromatic rings. The van der Waals surface area contributed by atoms with E-state index in [9.17, 15) is 32.0 Å². The number of aryl methyl sites for hydroxylation is 1. The highest BCUT2D eigenvalue weighted by Gasteiger charge is 2.63. The second-order valence-electron chi connectivity index (χ2n) is 18.3. The van der Waals surface area contributed by atoms with Crippen molar-refractivity contribution < 1.29 is 46.2 Å². The third-order valence-corrected chi connectivity index (χ3v) is 14.7. The highest BCUT2D eigenvalue weighted by Crippen LogP contribution is 2.58. The van der Waals surface area contributed by atoms with Crippen LogP contribution in [-0.2, 0) is 40.4 Å². The first-order chi connectivity index (χ1) is 27.0. The first-order valence-corrected chi connectivity index (χ1v) is 22.0. The molecular weight excluding hydrogens is 754 g/mol. The van der Waals surface area contributed by atoms with Crippen LogP contribution in [0.25, 0.3) is 10.8 Å². The molecule has 4 heterocycles. The Balaban J connectivity index is 1.24. The number of fused-ring (bicyclic) bond motifs is 5. The minimum absolute atomic E-state index is 0.0296. The van der Waals surface area contributed by atoms with Crippen molar-refractivity contribution in [2.75, 3.05) is 19.8 Å². The number of aromatic nitrogens is 1. The van der Waals surface area contributed by atoms with Gasteiger partial charge in [-0.2, -0.15) is 0 Å². The van der Waals surface area contributed by atoms with Gasteiger partial charge in [-0.1, -0.05) is 44.2 Å². The number of carbonyl (C=O) groups is 4. The van der Waals surface area contributed by atoms with Gasteiger partial charge in [-0.15, -0.1) is 0 Å². The lowest BCUT2D eigenvalue weighted by Crippen LogP contribution is -2.48. The van der Waals surface area contributed by atoms with E-state index >= 15 is 0 Å². The quantitative estimate of drug-likeness (QED) is 0.241. The molecule has 1 saturated heterocycles. The summed E-state index contributed by atoms with van der Waals surface area (Å²) in [5, 5.41) is 1.59. The Hall–Kier alpha value is -4.07. The van der Waals surface area contributed by atoms with Crippen LogP contribution >= 0.6 is 0 Å². The van der Waals surface area contributed by atoms with E-state index in [0.29, 0.717) is 31.7 Å². The van der Waals surface area contributed by atoms with Crippen molar-refractivity contribution in [3.63, 3.8) is 0 Å². The molecule has 7 atom stereocenters. The van der Waals surface area contributed by atoms with Gasteiger partial charge in [0.2, 0.25) is 27.7 Å². The molecule has 0 radical (unpaired) electrons. The molecule has 5 aliphatic rings. The molecular formula is C43H56FN3O9S. The number of nitrogens with zero attached hydrogens (tertiary/aromatic N) is 2. The molecule has 12 nitrogen and oxygen atoms in total. The van der Waals surface area contributed by atoms with E-state index < -0.39 is 74.1 Å². The molecule has 1 aromatic heterocycles. The average Bonchev–Trinajstić information content (AvgIpc) is 4.06. The average molecular weight is 810 g/mol. The lowest BCUT2D eigenvalue weighted by Gasteiger charge is -2.32. The molecule has 1 aromatic carbocycles. The molecule has 0 spiro atoms.